The van der Waals surface area contributed by atoms with Crippen LogP contribution in [0.2, 0.25) is 0 Å². The largest absolute Gasteiger partial charge is 0.379 e. The molecule has 9 heteroatoms. The second-order valence-electron chi connectivity index (χ2n) is 6.88. The summed E-state index contributed by atoms with van der Waals surface area (Å²) in [4.78, 5) is 24.0. The van der Waals surface area contributed by atoms with Crippen LogP contribution in [-0.2, 0) is 30.9 Å². The summed E-state index contributed by atoms with van der Waals surface area (Å²) >= 11 is 0. The Morgan fingerprint density at radius 1 is 1.19 bits per heavy atom. The van der Waals surface area contributed by atoms with Crippen molar-refractivity contribution in [2.24, 2.45) is 5.92 Å². The first-order valence-electron chi connectivity index (χ1n) is 9.13. The highest BCUT2D eigenvalue weighted by atomic mass is 32.2. The zero-order valence-corrected chi connectivity index (χ0v) is 16.1. The molecule has 2 N–H and O–H groups in total. The number of rotatable bonds is 7. The number of benzene rings is 1. The summed E-state index contributed by atoms with van der Waals surface area (Å²) in [6.07, 6.45) is 1.78. The maximum Gasteiger partial charge on any atom is 0.243 e. The molecule has 1 aliphatic carbocycles. The van der Waals surface area contributed by atoms with Crippen LogP contribution in [0.3, 0.4) is 0 Å². The summed E-state index contributed by atoms with van der Waals surface area (Å²) in [5.41, 5.74) is 0.782. The third-order valence-electron chi connectivity index (χ3n) is 4.70. The number of amides is 2. The molecule has 3 rings (SSSR count). The van der Waals surface area contributed by atoms with Crippen molar-refractivity contribution < 1.29 is 22.7 Å². The lowest BCUT2D eigenvalue weighted by Gasteiger charge is -2.26. The van der Waals surface area contributed by atoms with E-state index in [-0.39, 0.29) is 29.2 Å². The van der Waals surface area contributed by atoms with E-state index in [0.29, 0.717) is 26.3 Å². The fraction of sp³-hybridized carbons (Fsp3) is 0.556. The summed E-state index contributed by atoms with van der Waals surface area (Å²) < 4.78 is 31.8. The predicted octanol–water partition coefficient (Wildman–Crippen LogP) is 0.238. The van der Waals surface area contributed by atoms with Crippen molar-refractivity contribution in [3.8, 4) is 0 Å². The van der Waals surface area contributed by atoms with Gasteiger partial charge < -0.3 is 15.4 Å². The first-order valence-corrected chi connectivity index (χ1v) is 10.6. The molecular formula is C18H25N3O5S. The molecule has 2 fully saturated rings. The molecule has 0 spiro atoms. The van der Waals surface area contributed by atoms with E-state index in [1.165, 1.54) is 4.31 Å². The van der Waals surface area contributed by atoms with Gasteiger partial charge in [-0.3, -0.25) is 9.59 Å². The second kappa shape index (κ2) is 8.37. The summed E-state index contributed by atoms with van der Waals surface area (Å²) in [6, 6.07) is 5.86. The average molecular weight is 395 g/mol. The van der Waals surface area contributed by atoms with E-state index in [1.54, 1.807) is 31.2 Å². The third-order valence-corrected chi connectivity index (χ3v) is 6.61. The van der Waals surface area contributed by atoms with E-state index in [0.717, 1.165) is 18.4 Å². The molecule has 1 heterocycles. The maximum absolute atomic E-state index is 12.6. The van der Waals surface area contributed by atoms with Gasteiger partial charge in [-0.1, -0.05) is 12.1 Å². The van der Waals surface area contributed by atoms with Gasteiger partial charge in [0.05, 0.1) is 18.1 Å². The first-order chi connectivity index (χ1) is 12.9. The van der Waals surface area contributed by atoms with Gasteiger partial charge in [0.15, 0.2) is 0 Å². The van der Waals surface area contributed by atoms with E-state index in [1.807, 2.05) is 0 Å². The van der Waals surface area contributed by atoms with Crippen molar-refractivity contribution in [3.63, 3.8) is 0 Å². The summed E-state index contributed by atoms with van der Waals surface area (Å²) in [7, 11) is -3.52. The molecule has 0 radical (unpaired) electrons. The number of hydrogen-bond donors (Lipinski definition) is 2. The Labute approximate surface area is 159 Å². The average Bonchev–Trinajstić information content (AvgIpc) is 3.52. The standard InChI is InChI=1S/C18H25N3O5S/c1-13(20-18(23)15-4-5-15)17(22)19-12-14-2-6-16(7-3-14)27(24,25)21-8-10-26-11-9-21/h2-3,6-7,13,15H,4-5,8-12H2,1H3,(H,19,22)(H,20,23). The molecule has 0 bridgehead atoms. The first kappa shape index (κ1) is 19.8. The van der Waals surface area contributed by atoms with Gasteiger partial charge in [0, 0.05) is 25.6 Å². The second-order valence-corrected chi connectivity index (χ2v) is 8.82. The Morgan fingerprint density at radius 2 is 1.81 bits per heavy atom. The van der Waals surface area contributed by atoms with Crippen LogP contribution >= 0.6 is 0 Å². The topological polar surface area (TPSA) is 105 Å². The van der Waals surface area contributed by atoms with Crippen LogP contribution in [0.4, 0.5) is 0 Å². The Balaban J connectivity index is 1.52. The lowest BCUT2D eigenvalue weighted by molar-refractivity contribution is -0.129. The molecule has 1 aliphatic heterocycles. The molecule has 1 aromatic rings. The number of nitrogens with one attached hydrogen (secondary N) is 2. The molecule has 1 saturated carbocycles. The molecule has 1 unspecified atom stereocenters. The molecule has 2 amide bonds. The van der Waals surface area contributed by atoms with Gasteiger partial charge in [-0.2, -0.15) is 4.31 Å². The fourth-order valence-corrected chi connectivity index (χ4v) is 4.21. The van der Waals surface area contributed by atoms with Crippen LogP contribution in [0.1, 0.15) is 25.3 Å². The quantitative estimate of drug-likeness (QED) is 0.688. The van der Waals surface area contributed by atoms with Crippen molar-refractivity contribution in [2.75, 3.05) is 26.3 Å². The maximum atomic E-state index is 12.6. The van der Waals surface area contributed by atoms with Crippen LogP contribution in [0.25, 0.3) is 0 Å². The molecule has 1 aromatic carbocycles. The van der Waals surface area contributed by atoms with Gasteiger partial charge in [-0.25, -0.2) is 8.42 Å². The number of carbonyl (C=O) groups is 2. The fourth-order valence-electron chi connectivity index (χ4n) is 2.80. The van der Waals surface area contributed by atoms with Gasteiger partial charge in [0.2, 0.25) is 21.8 Å². The Bertz CT molecular complexity index is 784. The number of sulfonamides is 1. The lowest BCUT2D eigenvalue weighted by Crippen LogP contribution is -2.45. The van der Waals surface area contributed by atoms with Crippen LogP contribution < -0.4 is 10.6 Å². The van der Waals surface area contributed by atoms with E-state index in [2.05, 4.69) is 10.6 Å². The minimum Gasteiger partial charge on any atom is -0.379 e. The Hall–Kier alpha value is -1.97. The molecule has 1 atom stereocenters. The van der Waals surface area contributed by atoms with Gasteiger partial charge in [-0.05, 0) is 37.5 Å². The molecule has 148 valence electrons. The monoisotopic (exact) mass is 395 g/mol. The SMILES string of the molecule is CC(NC(=O)C1CC1)C(=O)NCc1ccc(S(=O)(=O)N2CCOCC2)cc1. The molecule has 0 aromatic heterocycles. The van der Waals surface area contributed by atoms with E-state index >= 15 is 0 Å². The van der Waals surface area contributed by atoms with Gasteiger partial charge in [0.25, 0.3) is 0 Å². The van der Waals surface area contributed by atoms with E-state index in [4.69, 9.17) is 4.74 Å². The lowest BCUT2D eigenvalue weighted by atomic mass is 10.2. The van der Waals surface area contributed by atoms with E-state index < -0.39 is 16.1 Å². The van der Waals surface area contributed by atoms with Crippen molar-refractivity contribution in [1.82, 2.24) is 14.9 Å². The van der Waals surface area contributed by atoms with E-state index in [9.17, 15) is 18.0 Å². The van der Waals surface area contributed by atoms with Crippen molar-refractivity contribution in [1.29, 1.82) is 0 Å². The third kappa shape index (κ3) is 5.06. The van der Waals surface area contributed by atoms with Gasteiger partial charge in [0.1, 0.15) is 6.04 Å². The molecular weight excluding hydrogens is 370 g/mol. The number of ether oxygens (including phenoxy) is 1. The van der Waals surface area contributed by atoms with Crippen LogP contribution in [0.15, 0.2) is 29.2 Å². The highest BCUT2D eigenvalue weighted by molar-refractivity contribution is 7.89. The van der Waals surface area contributed by atoms with Crippen molar-refractivity contribution >= 4 is 21.8 Å². The molecule has 27 heavy (non-hydrogen) atoms. The minimum atomic E-state index is -3.52. The van der Waals surface area contributed by atoms with Crippen LogP contribution in [0.5, 0.6) is 0 Å². The van der Waals surface area contributed by atoms with Crippen LogP contribution in [0, 0.1) is 5.92 Å². The van der Waals surface area contributed by atoms with Crippen LogP contribution in [-0.4, -0.2) is 56.9 Å². The zero-order valence-electron chi connectivity index (χ0n) is 15.3. The summed E-state index contributed by atoms with van der Waals surface area (Å²) in [5.74, 6) is -0.287. The smallest absolute Gasteiger partial charge is 0.243 e. The summed E-state index contributed by atoms with van der Waals surface area (Å²) in [6.45, 7) is 3.42. The van der Waals surface area contributed by atoms with Crippen molar-refractivity contribution in [2.45, 2.75) is 37.2 Å². The molecule has 1 saturated heterocycles. The van der Waals surface area contributed by atoms with Gasteiger partial charge in [-0.15, -0.1) is 0 Å². The predicted molar refractivity (Wildman–Crippen MR) is 98.2 cm³/mol. The number of hydrogen-bond acceptors (Lipinski definition) is 5. The number of carbonyl (C=O) groups excluding carboxylic acids is 2. The van der Waals surface area contributed by atoms with Gasteiger partial charge >= 0.3 is 0 Å². The molecule has 8 nitrogen and oxygen atoms in total. The Kier molecular flexibility index (Phi) is 6.13. The summed E-state index contributed by atoms with van der Waals surface area (Å²) in [5, 5.41) is 5.45. The van der Waals surface area contributed by atoms with Crippen molar-refractivity contribution in [3.05, 3.63) is 29.8 Å². The zero-order chi connectivity index (χ0) is 19.4. The number of morpholine rings is 1. The Morgan fingerprint density at radius 3 is 2.41 bits per heavy atom. The highest BCUT2D eigenvalue weighted by Gasteiger charge is 2.31. The molecule has 2 aliphatic rings. The normalized spacial score (nSPS) is 19.3. The highest BCUT2D eigenvalue weighted by Crippen LogP contribution is 2.28. The number of nitrogens with zero attached hydrogens (tertiary/aromatic N) is 1. The minimum absolute atomic E-state index is 0.0567.